The van der Waals surface area contributed by atoms with E-state index in [9.17, 15) is 70.2 Å². The minimum Gasteiger partial charge on any atom is -0.870 e. The zero-order valence-electron chi connectivity index (χ0n) is 25.2. The predicted octanol–water partition coefficient (Wildman–Crippen LogP) is -10.4. The summed E-state index contributed by atoms with van der Waals surface area (Å²) in [4.78, 5) is 60.9. The fourth-order valence-corrected chi connectivity index (χ4v) is 3.82. The molecule has 4 heterocycles. The molecule has 0 radical (unpaired) electrons. The Kier molecular flexibility index (Phi) is 14.9. The van der Waals surface area contributed by atoms with Gasteiger partial charge in [-0.3, -0.25) is 0 Å². The van der Waals surface area contributed by atoms with Crippen LogP contribution in [0.4, 0.5) is 0 Å². The Balaban J connectivity index is 0.000000564. The smallest absolute Gasteiger partial charge is 0.870 e. The van der Waals surface area contributed by atoms with Crippen molar-refractivity contribution in [1.29, 1.82) is 0 Å². The molecule has 0 aromatic carbocycles. The standard InChI is InChI=1S/C18H21NO18.C6H8O6.Na/c20-1-4(23)10-13(7(26)16(29)32-10)35-19(36-14-8(27)17(30)33-11(14)5(24)2-21)37-15-9(28)18(31)34-12(15)6(25)3-22;7-1-2(8)5-3(9)4(10)6(11)12-5;/h4-6,10-12,20-28H,1-3H2;2,5,7-10H,1H2;/q;;+1/p-1/t4-,5-,6-,10+,11+,12+;2-,5+;/m00./s1. The van der Waals surface area contributed by atoms with Gasteiger partial charge >= 0.3 is 53.4 Å². The summed E-state index contributed by atoms with van der Waals surface area (Å²) in [5.74, 6) is -14.5. The molecule has 0 aromatic heterocycles. The largest absolute Gasteiger partial charge is 1.00 e. The van der Waals surface area contributed by atoms with Gasteiger partial charge in [-0.05, 0) is 5.76 Å². The molecule has 0 amide bonds. The number of cyclic esters (lactones) is 4. The summed E-state index contributed by atoms with van der Waals surface area (Å²) >= 11 is 0. The van der Waals surface area contributed by atoms with Gasteiger partial charge in [-0.25, -0.2) is 19.2 Å². The van der Waals surface area contributed by atoms with Crippen LogP contribution in [0.3, 0.4) is 0 Å². The topological polar surface area (TPSA) is 402 Å². The van der Waals surface area contributed by atoms with E-state index in [1.54, 1.807) is 0 Å². The molecule has 274 valence electrons. The van der Waals surface area contributed by atoms with E-state index in [1.165, 1.54) is 0 Å². The number of hydrogen-bond donors (Lipinski definition) is 12. The minimum atomic E-state index is -1.90. The molecule has 0 saturated carbocycles. The van der Waals surface area contributed by atoms with Gasteiger partial charge in [0.2, 0.25) is 39.9 Å². The zero-order chi connectivity index (χ0) is 36.9. The molecule has 26 heteroatoms. The summed E-state index contributed by atoms with van der Waals surface area (Å²) < 4.78 is 18.2. The zero-order valence-corrected chi connectivity index (χ0v) is 27.2. The molecule has 0 aromatic rings. The average molecular weight is 737 g/mol. The summed E-state index contributed by atoms with van der Waals surface area (Å²) in [5.41, 5.74) is 0. The number of carbonyl (C=O) groups excluding carboxylic acids is 4. The fourth-order valence-electron chi connectivity index (χ4n) is 3.82. The number of ether oxygens (including phenoxy) is 4. The van der Waals surface area contributed by atoms with E-state index in [-0.39, 0.29) is 34.9 Å². The molecule has 0 unspecified atom stereocenters. The molecular weight excluding hydrogens is 709 g/mol. The number of nitrogens with zero attached hydrogens (tertiary/aromatic N) is 1. The Hall–Kier alpha value is -4.12. The third kappa shape index (κ3) is 8.78. The Morgan fingerprint density at radius 1 is 0.520 bits per heavy atom. The summed E-state index contributed by atoms with van der Waals surface area (Å²) in [7, 11) is 0. The summed E-state index contributed by atoms with van der Waals surface area (Å²) in [6.07, 6.45) is -14.4. The molecule has 12 N–H and O–H groups in total. The van der Waals surface area contributed by atoms with Gasteiger partial charge in [0.1, 0.15) is 30.5 Å². The summed E-state index contributed by atoms with van der Waals surface area (Å²) in [6.45, 7) is -3.80. The first-order chi connectivity index (χ1) is 23.0. The van der Waals surface area contributed by atoms with Gasteiger partial charge in [-0.2, -0.15) is 0 Å². The van der Waals surface area contributed by atoms with Crippen LogP contribution in [0.25, 0.3) is 0 Å². The van der Waals surface area contributed by atoms with Crippen molar-refractivity contribution in [1.82, 2.24) is 5.39 Å². The minimum absolute atomic E-state index is 0. The number of esters is 4. The molecule has 4 aliphatic heterocycles. The molecule has 0 fully saturated rings. The molecule has 4 aliphatic rings. The van der Waals surface area contributed by atoms with Crippen LogP contribution in [0, 0.1) is 0 Å². The quantitative estimate of drug-likeness (QED) is 0.0341. The second kappa shape index (κ2) is 17.7. The van der Waals surface area contributed by atoms with Gasteiger partial charge in [-0.15, -0.1) is 0 Å². The van der Waals surface area contributed by atoms with Crippen molar-refractivity contribution in [3.63, 3.8) is 0 Å². The molecule has 0 aliphatic carbocycles. The predicted molar refractivity (Wildman–Crippen MR) is 136 cm³/mol. The molecular formula is C24H28NNaO24. The van der Waals surface area contributed by atoms with Gasteiger partial charge in [0.25, 0.3) is 0 Å². The van der Waals surface area contributed by atoms with Crippen molar-refractivity contribution < 1.29 is 149 Å². The number of aliphatic hydroxyl groups is 12. The van der Waals surface area contributed by atoms with E-state index in [0.717, 1.165) is 0 Å². The van der Waals surface area contributed by atoms with E-state index in [0.29, 0.717) is 0 Å². The first-order valence-electron chi connectivity index (χ1n) is 13.3. The maximum atomic E-state index is 11.8. The first-order valence-corrected chi connectivity index (χ1v) is 13.3. The maximum absolute atomic E-state index is 11.8. The number of carbonyl (C=O) groups is 4. The third-order valence-electron chi connectivity index (χ3n) is 6.34. The van der Waals surface area contributed by atoms with E-state index in [4.69, 9.17) is 29.8 Å². The fraction of sp³-hybridized carbons (Fsp3) is 0.500. The number of rotatable bonds is 14. The Labute approximate surface area is 298 Å². The molecule has 25 nitrogen and oxygen atoms in total. The van der Waals surface area contributed by atoms with Crippen molar-refractivity contribution in [3.05, 3.63) is 46.1 Å². The average Bonchev–Trinajstić information content (AvgIpc) is 3.73. The Morgan fingerprint density at radius 2 is 0.760 bits per heavy atom. The van der Waals surface area contributed by atoms with Crippen LogP contribution in [0.2, 0.25) is 0 Å². The van der Waals surface area contributed by atoms with Gasteiger partial charge in [0.05, 0.1) is 26.4 Å². The van der Waals surface area contributed by atoms with Crippen LogP contribution in [0.1, 0.15) is 0 Å². The van der Waals surface area contributed by atoms with Crippen LogP contribution in [0.5, 0.6) is 0 Å². The van der Waals surface area contributed by atoms with E-state index >= 15 is 0 Å². The first kappa shape index (κ1) is 42.0. The molecule has 0 saturated heterocycles. The van der Waals surface area contributed by atoms with Crippen molar-refractivity contribution in [2.45, 2.75) is 48.8 Å². The SMILES string of the molecule is O=C1O[C@H]([C@@H](O)CO)C(ON(OC2=C(O)C(=O)O[C@@H]2[C@@H](O)CO)OC2=C(O)C(=O)O[C@@H]2[C@@H](O)CO)=C1O.O=C1O[C@H]([C@@H](O)CO)C([O-])=C1O.[Na+]. The number of hydrogen-bond acceptors (Lipinski definition) is 25. The molecule has 8 atom stereocenters. The Bertz CT molecular complexity index is 1310. The summed E-state index contributed by atoms with van der Waals surface area (Å²) in [5, 5.41) is 124. The van der Waals surface area contributed by atoms with Crippen LogP contribution in [0.15, 0.2) is 46.1 Å². The normalized spacial score (nSPS) is 25.7. The van der Waals surface area contributed by atoms with Crippen molar-refractivity contribution in [2.24, 2.45) is 0 Å². The van der Waals surface area contributed by atoms with Crippen LogP contribution in [-0.4, -0.2) is 166 Å². The van der Waals surface area contributed by atoms with Gasteiger partial charge in [-0.1, -0.05) is 0 Å². The molecule has 0 spiro atoms. The third-order valence-corrected chi connectivity index (χ3v) is 6.34. The second-order valence-electron chi connectivity index (χ2n) is 9.65. The molecule has 4 rings (SSSR count). The molecule has 50 heavy (non-hydrogen) atoms. The van der Waals surface area contributed by atoms with E-state index in [2.05, 4.69) is 18.9 Å². The van der Waals surface area contributed by atoms with Gasteiger partial charge in [0.15, 0.2) is 24.1 Å². The van der Waals surface area contributed by atoms with Crippen molar-refractivity contribution in [3.8, 4) is 0 Å². The second-order valence-corrected chi connectivity index (χ2v) is 9.65. The van der Waals surface area contributed by atoms with Gasteiger partial charge in [0, 0.05) is 0 Å². The number of aliphatic hydroxyl groups excluding tert-OH is 12. The Morgan fingerprint density at radius 3 is 1.00 bits per heavy atom. The van der Waals surface area contributed by atoms with E-state index < -0.39 is 145 Å². The molecule has 0 bridgehead atoms. The van der Waals surface area contributed by atoms with Crippen LogP contribution >= 0.6 is 0 Å². The van der Waals surface area contributed by atoms with Crippen LogP contribution in [-0.2, 0) is 52.6 Å². The van der Waals surface area contributed by atoms with Crippen LogP contribution < -0.4 is 34.7 Å². The summed E-state index contributed by atoms with van der Waals surface area (Å²) in [6, 6.07) is 0. The van der Waals surface area contributed by atoms with Gasteiger partial charge < -0.3 is 99.8 Å². The monoisotopic (exact) mass is 737 g/mol. The maximum Gasteiger partial charge on any atom is 1.00 e. The van der Waals surface area contributed by atoms with E-state index in [1.807, 2.05) is 0 Å². The van der Waals surface area contributed by atoms with Crippen molar-refractivity contribution in [2.75, 3.05) is 26.4 Å². The van der Waals surface area contributed by atoms with Crippen molar-refractivity contribution >= 4 is 23.9 Å².